The minimum atomic E-state index is 0.0520. The molecule has 2 aliphatic rings. The number of amides is 1. The third-order valence-electron chi connectivity index (χ3n) is 5.60. The van der Waals surface area contributed by atoms with Crippen molar-refractivity contribution in [1.29, 1.82) is 0 Å². The van der Waals surface area contributed by atoms with Crippen LogP contribution in [-0.2, 0) is 0 Å². The second-order valence-electron chi connectivity index (χ2n) is 8.33. The monoisotopic (exact) mass is 364 g/mol. The van der Waals surface area contributed by atoms with Crippen LogP contribution in [-0.4, -0.2) is 44.1 Å². The van der Waals surface area contributed by atoms with Crippen LogP contribution < -0.4 is 10.1 Å². The number of hydrogen-bond acceptors (Lipinski definition) is 3. The lowest BCUT2D eigenvalue weighted by Crippen LogP contribution is -2.29. The van der Waals surface area contributed by atoms with Crippen molar-refractivity contribution in [2.24, 2.45) is 11.8 Å². The van der Waals surface area contributed by atoms with Crippen LogP contribution >= 0.6 is 0 Å². The Bertz CT molecular complexity index is 846. The zero-order valence-corrected chi connectivity index (χ0v) is 16.4. The summed E-state index contributed by atoms with van der Waals surface area (Å²) in [5, 5.41) is 3.13. The van der Waals surface area contributed by atoms with Gasteiger partial charge >= 0.3 is 0 Å². The Morgan fingerprint density at radius 1 is 1.15 bits per heavy atom. The first kappa shape index (κ1) is 18.1. The van der Waals surface area contributed by atoms with Crippen molar-refractivity contribution in [3.8, 4) is 16.9 Å². The Kier molecular flexibility index (Phi) is 4.92. The molecule has 27 heavy (non-hydrogen) atoms. The minimum Gasteiger partial charge on any atom is -0.493 e. The standard InChI is InChI=1S/C23H28N2O2/c1-15(2)14-27-19-6-4-5-16(9-19)17-7-8-20-21(10-17)23(26)24-11-18-12-25(3)13-22(18)20/h4-10,15,18,22H,11-14H2,1-3H3,(H,24,26). The van der Waals surface area contributed by atoms with Crippen LogP contribution in [0, 0.1) is 11.8 Å². The van der Waals surface area contributed by atoms with Gasteiger partial charge in [0.2, 0.25) is 0 Å². The topological polar surface area (TPSA) is 41.6 Å². The van der Waals surface area contributed by atoms with Gasteiger partial charge in [0, 0.05) is 31.1 Å². The molecular formula is C23H28N2O2. The number of carbonyl (C=O) groups is 1. The van der Waals surface area contributed by atoms with E-state index in [1.807, 2.05) is 18.2 Å². The smallest absolute Gasteiger partial charge is 0.251 e. The molecule has 2 atom stereocenters. The van der Waals surface area contributed by atoms with Gasteiger partial charge in [-0.15, -0.1) is 0 Å². The Balaban J connectivity index is 1.67. The van der Waals surface area contributed by atoms with Crippen LogP contribution in [0.25, 0.3) is 11.1 Å². The van der Waals surface area contributed by atoms with Crippen LogP contribution in [0.3, 0.4) is 0 Å². The average molecular weight is 364 g/mol. The van der Waals surface area contributed by atoms with E-state index < -0.39 is 0 Å². The highest BCUT2D eigenvalue weighted by molar-refractivity contribution is 5.97. The van der Waals surface area contributed by atoms with Crippen molar-refractivity contribution >= 4 is 5.91 Å². The van der Waals surface area contributed by atoms with Gasteiger partial charge in [0.05, 0.1) is 6.61 Å². The quantitative estimate of drug-likeness (QED) is 0.898. The molecule has 0 aliphatic carbocycles. The minimum absolute atomic E-state index is 0.0520. The van der Waals surface area contributed by atoms with Crippen molar-refractivity contribution < 1.29 is 9.53 Å². The van der Waals surface area contributed by atoms with E-state index in [4.69, 9.17) is 4.74 Å². The van der Waals surface area contributed by atoms with E-state index in [9.17, 15) is 4.79 Å². The zero-order chi connectivity index (χ0) is 19.0. The molecule has 1 amide bonds. The first-order chi connectivity index (χ1) is 13.0. The summed E-state index contributed by atoms with van der Waals surface area (Å²) in [6, 6.07) is 14.5. The highest BCUT2D eigenvalue weighted by atomic mass is 16.5. The maximum Gasteiger partial charge on any atom is 0.251 e. The number of ether oxygens (including phenoxy) is 1. The molecule has 2 aliphatic heterocycles. The van der Waals surface area contributed by atoms with Gasteiger partial charge in [-0.1, -0.05) is 38.1 Å². The fourth-order valence-electron chi connectivity index (χ4n) is 4.25. The Labute approximate surface area is 161 Å². The molecule has 2 aromatic rings. The molecule has 0 spiro atoms. The molecule has 1 fully saturated rings. The molecule has 4 rings (SSSR count). The number of hydrogen-bond donors (Lipinski definition) is 1. The molecule has 2 unspecified atom stereocenters. The van der Waals surface area contributed by atoms with Crippen LogP contribution in [0.15, 0.2) is 42.5 Å². The van der Waals surface area contributed by atoms with Gasteiger partial charge in [0.15, 0.2) is 0 Å². The highest BCUT2D eigenvalue weighted by Gasteiger charge is 2.36. The summed E-state index contributed by atoms with van der Waals surface area (Å²) in [5.41, 5.74) is 4.15. The number of benzene rings is 2. The molecule has 0 aromatic heterocycles. The predicted molar refractivity (Wildman–Crippen MR) is 108 cm³/mol. The van der Waals surface area contributed by atoms with Gasteiger partial charge in [0.25, 0.3) is 5.91 Å². The summed E-state index contributed by atoms with van der Waals surface area (Å²) < 4.78 is 5.87. The number of likely N-dealkylation sites (tertiary alicyclic amines) is 1. The van der Waals surface area contributed by atoms with Gasteiger partial charge in [-0.25, -0.2) is 0 Å². The number of fused-ring (bicyclic) bond motifs is 3. The molecule has 2 aromatic carbocycles. The number of nitrogens with one attached hydrogen (secondary N) is 1. The van der Waals surface area contributed by atoms with E-state index in [1.165, 1.54) is 5.56 Å². The van der Waals surface area contributed by atoms with E-state index in [-0.39, 0.29) is 5.91 Å². The zero-order valence-electron chi connectivity index (χ0n) is 16.4. The van der Waals surface area contributed by atoms with Crippen molar-refractivity contribution in [3.05, 3.63) is 53.6 Å². The molecule has 142 valence electrons. The molecule has 4 nitrogen and oxygen atoms in total. The first-order valence-corrected chi connectivity index (χ1v) is 9.85. The van der Waals surface area contributed by atoms with Crippen molar-refractivity contribution in [1.82, 2.24) is 10.2 Å². The number of nitrogens with zero attached hydrogens (tertiary/aromatic N) is 1. The normalized spacial score (nSPS) is 22.1. The van der Waals surface area contributed by atoms with Gasteiger partial charge in [-0.05, 0) is 53.8 Å². The number of carbonyl (C=O) groups excluding carboxylic acids is 1. The van der Waals surface area contributed by atoms with E-state index in [0.29, 0.717) is 24.4 Å². The largest absolute Gasteiger partial charge is 0.493 e. The fraction of sp³-hybridized carbons (Fsp3) is 0.435. The van der Waals surface area contributed by atoms with E-state index in [2.05, 4.69) is 55.4 Å². The molecule has 0 radical (unpaired) electrons. The van der Waals surface area contributed by atoms with Gasteiger partial charge in [0.1, 0.15) is 5.75 Å². The highest BCUT2D eigenvalue weighted by Crippen LogP contribution is 2.37. The van der Waals surface area contributed by atoms with Crippen molar-refractivity contribution in [2.75, 3.05) is 33.3 Å². The summed E-state index contributed by atoms with van der Waals surface area (Å²) in [6.45, 7) is 7.81. The van der Waals surface area contributed by atoms with Crippen LogP contribution in [0.1, 0.15) is 35.7 Å². The van der Waals surface area contributed by atoms with Gasteiger partial charge in [-0.3, -0.25) is 4.79 Å². The second-order valence-corrected chi connectivity index (χ2v) is 8.33. The third-order valence-corrected chi connectivity index (χ3v) is 5.60. The fourth-order valence-corrected chi connectivity index (χ4v) is 4.25. The van der Waals surface area contributed by atoms with Gasteiger partial charge < -0.3 is 15.0 Å². The molecule has 0 bridgehead atoms. The summed E-state index contributed by atoms with van der Waals surface area (Å²) in [4.78, 5) is 15.1. The molecule has 1 N–H and O–H groups in total. The van der Waals surface area contributed by atoms with E-state index in [0.717, 1.165) is 42.1 Å². The summed E-state index contributed by atoms with van der Waals surface area (Å²) in [5.74, 6) is 2.34. The van der Waals surface area contributed by atoms with Crippen molar-refractivity contribution in [3.63, 3.8) is 0 Å². The van der Waals surface area contributed by atoms with Gasteiger partial charge in [-0.2, -0.15) is 0 Å². The predicted octanol–water partition coefficient (Wildman–Crippen LogP) is 3.78. The first-order valence-electron chi connectivity index (χ1n) is 9.85. The van der Waals surface area contributed by atoms with Crippen molar-refractivity contribution in [2.45, 2.75) is 19.8 Å². The van der Waals surface area contributed by atoms with Crippen LogP contribution in [0.5, 0.6) is 5.75 Å². The maximum absolute atomic E-state index is 12.7. The summed E-state index contributed by atoms with van der Waals surface area (Å²) in [7, 11) is 2.16. The van der Waals surface area contributed by atoms with E-state index >= 15 is 0 Å². The lowest BCUT2D eigenvalue weighted by Gasteiger charge is -2.17. The average Bonchev–Trinajstić information content (AvgIpc) is 2.99. The molecular weight excluding hydrogens is 336 g/mol. The van der Waals surface area contributed by atoms with Crippen LogP contribution in [0.4, 0.5) is 0 Å². The molecule has 4 heteroatoms. The summed E-state index contributed by atoms with van der Waals surface area (Å²) in [6.07, 6.45) is 0. The lowest BCUT2D eigenvalue weighted by molar-refractivity contribution is 0.0951. The number of rotatable bonds is 4. The Morgan fingerprint density at radius 3 is 2.78 bits per heavy atom. The Hall–Kier alpha value is -2.33. The SMILES string of the molecule is CC(C)COc1cccc(-c2ccc3c(c2)C(=O)NCC2CN(C)CC32)c1. The summed E-state index contributed by atoms with van der Waals surface area (Å²) >= 11 is 0. The molecule has 2 heterocycles. The second kappa shape index (κ2) is 7.35. The van der Waals surface area contributed by atoms with E-state index in [1.54, 1.807) is 0 Å². The molecule has 1 saturated heterocycles. The molecule has 0 saturated carbocycles. The lowest BCUT2D eigenvalue weighted by atomic mass is 9.86. The maximum atomic E-state index is 12.7. The van der Waals surface area contributed by atoms with Crippen LogP contribution in [0.2, 0.25) is 0 Å². The number of likely N-dealkylation sites (N-methyl/N-ethyl adjacent to an activating group) is 1. The third kappa shape index (κ3) is 3.72. The Morgan fingerprint density at radius 2 is 1.96 bits per heavy atom.